The maximum absolute atomic E-state index is 11.2. The van der Waals surface area contributed by atoms with E-state index in [1.165, 1.54) is 0 Å². The number of morpholine rings is 1. The second-order valence-electron chi connectivity index (χ2n) is 9.82. The van der Waals surface area contributed by atoms with Crippen molar-refractivity contribution in [2.24, 2.45) is 0 Å². The number of nitrogens with zero attached hydrogens (tertiary/aromatic N) is 3. The zero-order valence-electron chi connectivity index (χ0n) is 21.0. The molecule has 38 heavy (non-hydrogen) atoms. The number of carbonyl (C=O) groups is 1. The second kappa shape index (κ2) is 11.1. The first-order valence-electron chi connectivity index (χ1n) is 13.0. The van der Waals surface area contributed by atoms with E-state index in [1.807, 2.05) is 48.5 Å². The number of thiazole rings is 1. The van der Waals surface area contributed by atoms with Crippen molar-refractivity contribution in [3.63, 3.8) is 0 Å². The van der Waals surface area contributed by atoms with Crippen LogP contribution in [0, 0.1) is 0 Å². The monoisotopic (exact) mass is 530 g/mol. The van der Waals surface area contributed by atoms with Crippen LogP contribution in [-0.2, 0) is 9.53 Å². The molecule has 196 valence electrons. The van der Waals surface area contributed by atoms with Crippen LogP contribution < -0.4 is 10.1 Å². The molecule has 1 saturated carbocycles. The number of carbonyl (C=O) groups excluding carboxylic acids is 1. The van der Waals surface area contributed by atoms with Crippen molar-refractivity contribution in [2.45, 2.75) is 43.9 Å². The van der Waals surface area contributed by atoms with E-state index in [1.54, 1.807) is 22.4 Å². The van der Waals surface area contributed by atoms with E-state index >= 15 is 0 Å². The topological polar surface area (TPSA) is 96.8 Å². The van der Waals surface area contributed by atoms with Crippen LogP contribution in [-0.4, -0.2) is 58.2 Å². The average Bonchev–Trinajstić information content (AvgIpc) is 3.36. The number of hydrogen-bond acceptors (Lipinski definition) is 8. The van der Waals surface area contributed by atoms with Crippen molar-refractivity contribution in [2.75, 3.05) is 25.0 Å². The molecule has 3 atom stereocenters. The fourth-order valence-corrected chi connectivity index (χ4v) is 6.06. The van der Waals surface area contributed by atoms with Gasteiger partial charge in [-0.25, -0.2) is 4.98 Å². The lowest BCUT2D eigenvalue weighted by molar-refractivity contribution is -0.125. The number of benzene rings is 2. The molecule has 2 aromatic carbocycles. The number of pyridine rings is 1. The molecule has 0 bridgehead atoms. The number of rotatable bonds is 7. The molecule has 0 radical (unpaired) electrons. The highest BCUT2D eigenvalue weighted by Crippen LogP contribution is 2.34. The van der Waals surface area contributed by atoms with Gasteiger partial charge in [0.2, 0.25) is 6.41 Å². The number of nitrogens with one attached hydrogen (secondary N) is 1. The summed E-state index contributed by atoms with van der Waals surface area (Å²) in [6, 6.07) is 17.8. The molecule has 6 rings (SSSR count). The third kappa shape index (κ3) is 5.50. The number of aromatic nitrogens is 2. The normalized spacial score (nSPS) is 21.8. The number of aliphatic hydroxyl groups excluding tert-OH is 1. The van der Waals surface area contributed by atoms with Crippen LogP contribution >= 0.6 is 11.3 Å². The van der Waals surface area contributed by atoms with Gasteiger partial charge in [-0.05, 0) is 42.7 Å². The van der Waals surface area contributed by atoms with Gasteiger partial charge in [-0.3, -0.25) is 9.78 Å². The molecule has 8 nitrogen and oxygen atoms in total. The molecule has 1 amide bonds. The van der Waals surface area contributed by atoms with Gasteiger partial charge in [0.25, 0.3) is 0 Å². The highest BCUT2D eigenvalue weighted by atomic mass is 32.1. The molecule has 1 aliphatic carbocycles. The maximum Gasteiger partial charge on any atom is 0.209 e. The zero-order valence-corrected chi connectivity index (χ0v) is 21.8. The molecule has 3 heterocycles. The van der Waals surface area contributed by atoms with Crippen molar-refractivity contribution < 1.29 is 19.4 Å². The van der Waals surface area contributed by atoms with E-state index in [0.717, 1.165) is 70.0 Å². The molecule has 2 fully saturated rings. The van der Waals surface area contributed by atoms with Crippen LogP contribution in [0.2, 0.25) is 0 Å². The van der Waals surface area contributed by atoms with E-state index in [0.29, 0.717) is 25.4 Å². The van der Waals surface area contributed by atoms with Crippen molar-refractivity contribution in [3.8, 4) is 22.8 Å². The molecule has 1 unspecified atom stereocenters. The summed E-state index contributed by atoms with van der Waals surface area (Å²) in [5.74, 6) is 1.41. The Morgan fingerprint density at radius 1 is 1.11 bits per heavy atom. The van der Waals surface area contributed by atoms with Gasteiger partial charge >= 0.3 is 0 Å². The zero-order chi connectivity index (χ0) is 25.9. The molecular formula is C29H30N4O4S. The Balaban J connectivity index is 1.17. The number of aliphatic hydroxyl groups is 1. The van der Waals surface area contributed by atoms with E-state index in [9.17, 15) is 9.90 Å². The van der Waals surface area contributed by atoms with Gasteiger partial charge in [0, 0.05) is 30.4 Å². The second-order valence-corrected chi connectivity index (χ2v) is 10.8. The van der Waals surface area contributed by atoms with Crippen LogP contribution in [0.3, 0.4) is 0 Å². The van der Waals surface area contributed by atoms with E-state index in [4.69, 9.17) is 14.5 Å². The summed E-state index contributed by atoms with van der Waals surface area (Å²) in [5, 5.41) is 14.5. The standard InChI is InChI=1S/C29H30N4O4S/c34-18-33-12-13-36-27(17-33)20-5-3-4-19(14-20)25-15-22(10-11-30-25)37-21-8-9-24-28(16-21)38-29(32-24)31-23-6-1-2-7-26(23)35/h3-5,8-11,14-16,18,23,26-27,35H,1-2,6-7,12-13,17H2,(H,31,32)/t23-,26-,27?/m1/s1. The first kappa shape index (κ1) is 24.8. The van der Waals surface area contributed by atoms with Crippen molar-refractivity contribution in [1.29, 1.82) is 0 Å². The first-order valence-corrected chi connectivity index (χ1v) is 13.9. The molecule has 2 aliphatic rings. The average molecular weight is 531 g/mol. The minimum Gasteiger partial charge on any atom is -0.457 e. The maximum atomic E-state index is 11.2. The van der Waals surface area contributed by atoms with Gasteiger partial charge in [-0.1, -0.05) is 42.4 Å². The van der Waals surface area contributed by atoms with Gasteiger partial charge in [0.1, 0.15) is 17.6 Å². The minimum atomic E-state index is -0.322. The Labute approximate surface area is 225 Å². The van der Waals surface area contributed by atoms with Crippen molar-refractivity contribution >= 4 is 33.1 Å². The highest BCUT2D eigenvalue weighted by molar-refractivity contribution is 7.22. The van der Waals surface area contributed by atoms with Gasteiger partial charge in [-0.15, -0.1) is 0 Å². The lowest BCUT2D eigenvalue weighted by Gasteiger charge is -2.30. The van der Waals surface area contributed by atoms with Crippen LogP contribution in [0.1, 0.15) is 37.4 Å². The number of amides is 1. The molecule has 1 saturated heterocycles. The van der Waals surface area contributed by atoms with Gasteiger partial charge in [0.15, 0.2) is 5.13 Å². The van der Waals surface area contributed by atoms with Crippen molar-refractivity contribution in [3.05, 3.63) is 66.4 Å². The summed E-state index contributed by atoms with van der Waals surface area (Å²) >= 11 is 1.57. The molecule has 0 spiro atoms. The van der Waals surface area contributed by atoms with Crippen LogP contribution in [0.4, 0.5) is 5.13 Å². The summed E-state index contributed by atoms with van der Waals surface area (Å²) < 4.78 is 13.1. The lowest BCUT2D eigenvalue weighted by atomic mass is 9.93. The van der Waals surface area contributed by atoms with Crippen LogP contribution in [0.5, 0.6) is 11.5 Å². The Kier molecular flexibility index (Phi) is 7.22. The minimum absolute atomic E-state index is 0.0578. The summed E-state index contributed by atoms with van der Waals surface area (Å²) in [6.07, 6.45) is 6.16. The van der Waals surface area contributed by atoms with E-state index < -0.39 is 0 Å². The highest BCUT2D eigenvalue weighted by Gasteiger charge is 2.24. The predicted molar refractivity (Wildman–Crippen MR) is 148 cm³/mol. The Bertz CT molecular complexity index is 1430. The van der Waals surface area contributed by atoms with E-state index in [2.05, 4.69) is 16.4 Å². The molecule has 1 aliphatic heterocycles. The fraction of sp³-hybridized carbons (Fsp3) is 0.345. The fourth-order valence-electron chi connectivity index (χ4n) is 5.10. The van der Waals surface area contributed by atoms with Crippen LogP contribution in [0.25, 0.3) is 21.5 Å². The Morgan fingerprint density at radius 2 is 2.00 bits per heavy atom. The van der Waals surface area contributed by atoms with Crippen LogP contribution in [0.15, 0.2) is 60.8 Å². The smallest absolute Gasteiger partial charge is 0.209 e. The summed E-state index contributed by atoms with van der Waals surface area (Å²) in [6.45, 7) is 1.69. The number of anilines is 1. The third-order valence-electron chi connectivity index (χ3n) is 7.17. The summed E-state index contributed by atoms with van der Waals surface area (Å²) in [7, 11) is 0. The number of hydrogen-bond donors (Lipinski definition) is 2. The predicted octanol–water partition coefficient (Wildman–Crippen LogP) is 5.40. The van der Waals surface area contributed by atoms with Gasteiger partial charge in [-0.2, -0.15) is 0 Å². The third-order valence-corrected chi connectivity index (χ3v) is 8.12. The SMILES string of the molecule is O=CN1CCOC(c2cccc(-c3cc(Oc4ccc5nc(N[C@@H]6CCCC[C@H]6O)sc5c4)ccn3)c2)C1. The molecule has 4 aromatic rings. The Hall–Kier alpha value is -3.53. The largest absolute Gasteiger partial charge is 0.457 e. The molecular weight excluding hydrogens is 500 g/mol. The summed E-state index contributed by atoms with van der Waals surface area (Å²) in [4.78, 5) is 22.2. The quantitative estimate of drug-likeness (QED) is 0.309. The van der Waals surface area contributed by atoms with E-state index in [-0.39, 0.29) is 18.2 Å². The summed E-state index contributed by atoms with van der Waals surface area (Å²) in [5.41, 5.74) is 3.67. The lowest BCUT2D eigenvalue weighted by Crippen LogP contribution is -2.37. The Morgan fingerprint density at radius 3 is 2.89 bits per heavy atom. The molecule has 2 aromatic heterocycles. The van der Waals surface area contributed by atoms with Gasteiger partial charge in [0.05, 0.1) is 41.2 Å². The molecule has 2 N–H and O–H groups in total. The van der Waals surface area contributed by atoms with Crippen molar-refractivity contribution in [1.82, 2.24) is 14.9 Å². The number of fused-ring (bicyclic) bond motifs is 1. The molecule has 9 heteroatoms. The van der Waals surface area contributed by atoms with Gasteiger partial charge < -0.3 is 24.8 Å². The number of ether oxygens (including phenoxy) is 2. The first-order chi connectivity index (χ1) is 18.6.